The molecule has 0 radical (unpaired) electrons. The molecule has 2 aromatic rings. The van der Waals surface area contributed by atoms with Gasteiger partial charge in [-0.15, -0.1) is 0 Å². The number of amides is 1. The number of β-amino-alcohol motifs (C(OH)–C–C–N with tert-alkyl or cyclic N) is 2. The second-order valence-electron chi connectivity index (χ2n) is 10.3. The van der Waals surface area contributed by atoms with Gasteiger partial charge in [0.2, 0.25) is 5.91 Å². The van der Waals surface area contributed by atoms with Gasteiger partial charge in [-0.25, -0.2) is 8.78 Å². The minimum Gasteiger partial charge on any atom is -0.490 e. The average molecular weight is 504 g/mol. The molecule has 0 spiro atoms. The second kappa shape index (κ2) is 10.7. The molecule has 2 heterocycles. The lowest BCUT2D eigenvalue weighted by molar-refractivity contribution is -0.132. The van der Waals surface area contributed by atoms with E-state index in [9.17, 15) is 23.8 Å². The van der Waals surface area contributed by atoms with Crippen LogP contribution in [-0.2, 0) is 4.79 Å². The highest BCUT2D eigenvalue weighted by Gasteiger charge is 2.41. The predicted molar refractivity (Wildman–Crippen MR) is 133 cm³/mol. The van der Waals surface area contributed by atoms with Crippen LogP contribution in [-0.4, -0.2) is 89.5 Å². The lowest BCUT2D eigenvalue weighted by atomic mass is 9.90. The van der Waals surface area contributed by atoms with Crippen LogP contribution in [0.5, 0.6) is 5.75 Å². The Kier molecular flexibility index (Phi) is 7.82. The number of aryl methyl sites for hydroxylation is 1. The van der Waals surface area contributed by atoms with E-state index in [4.69, 9.17) is 4.74 Å². The number of halogens is 2. The molecule has 9 heteroatoms. The zero-order valence-corrected chi connectivity index (χ0v) is 20.9. The first kappa shape index (κ1) is 26.3. The molecule has 0 aromatic heterocycles. The summed E-state index contributed by atoms with van der Waals surface area (Å²) in [4.78, 5) is 17.8. The number of benzene rings is 2. The fourth-order valence-corrected chi connectivity index (χ4v) is 5.09. The van der Waals surface area contributed by atoms with Crippen LogP contribution >= 0.6 is 0 Å². The molecule has 36 heavy (non-hydrogen) atoms. The Morgan fingerprint density at radius 3 is 2.42 bits per heavy atom. The summed E-state index contributed by atoms with van der Waals surface area (Å²) in [6.07, 6.45) is 1.00. The van der Waals surface area contributed by atoms with E-state index in [2.05, 4.69) is 4.90 Å². The predicted octanol–water partition coefficient (Wildman–Crippen LogP) is 2.58. The Morgan fingerprint density at radius 2 is 1.75 bits per heavy atom. The van der Waals surface area contributed by atoms with Crippen molar-refractivity contribution in [3.63, 3.8) is 0 Å². The molecule has 7 nitrogen and oxygen atoms in total. The number of nitrogens with zero attached hydrogens (tertiary/aromatic N) is 3. The Hall–Kier alpha value is -2.75. The zero-order chi connectivity index (χ0) is 25.9. The molecule has 2 aliphatic rings. The monoisotopic (exact) mass is 503 g/mol. The fraction of sp³-hybridized carbons (Fsp3) is 0.519. The normalized spacial score (nSPS) is 22.8. The van der Waals surface area contributed by atoms with E-state index < -0.39 is 11.2 Å². The summed E-state index contributed by atoms with van der Waals surface area (Å²) in [7, 11) is 0. The van der Waals surface area contributed by atoms with E-state index in [1.54, 1.807) is 24.0 Å². The summed E-state index contributed by atoms with van der Waals surface area (Å²) in [6, 6.07) is 10.9. The van der Waals surface area contributed by atoms with E-state index in [1.165, 1.54) is 31.2 Å². The molecule has 2 fully saturated rings. The van der Waals surface area contributed by atoms with Crippen molar-refractivity contribution >= 4 is 11.6 Å². The van der Waals surface area contributed by atoms with Crippen molar-refractivity contribution in [3.05, 3.63) is 59.7 Å². The van der Waals surface area contributed by atoms with Crippen LogP contribution < -0.4 is 9.64 Å². The van der Waals surface area contributed by atoms with E-state index in [1.807, 2.05) is 11.0 Å². The third-order valence-electron chi connectivity index (χ3n) is 7.16. The summed E-state index contributed by atoms with van der Waals surface area (Å²) < 4.78 is 33.1. The van der Waals surface area contributed by atoms with Gasteiger partial charge in [-0.2, -0.15) is 0 Å². The smallest absolute Gasteiger partial charge is 0.219 e. The van der Waals surface area contributed by atoms with Crippen LogP contribution in [0.1, 0.15) is 25.3 Å². The summed E-state index contributed by atoms with van der Waals surface area (Å²) in [5, 5.41) is 22.9. The van der Waals surface area contributed by atoms with Crippen molar-refractivity contribution < 1.29 is 28.5 Å². The van der Waals surface area contributed by atoms with Gasteiger partial charge in [0.15, 0.2) is 0 Å². The molecule has 2 saturated heterocycles. The van der Waals surface area contributed by atoms with Gasteiger partial charge in [0.05, 0.1) is 12.1 Å². The first-order chi connectivity index (χ1) is 17.0. The number of hydrogen-bond donors (Lipinski definition) is 2. The lowest BCUT2D eigenvalue weighted by Gasteiger charge is -2.42. The van der Waals surface area contributed by atoms with Crippen LogP contribution in [0.3, 0.4) is 0 Å². The van der Waals surface area contributed by atoms with Crippen molar-refractivity contribution in [3.8, 4) is 5.75 Å². The molecule has 0 saturated carbocycles. The van der Waals surface area contributed by atoms with Crippen molar-refractivity contribution in [1.29, 1.82) is 0 Å². The Labute approximate surface area is 210 Å². The largest absolute Gasteiger partial charge is 0.490 e. The number of rotatable bonds is 6. The van der Waals surface area contributed by atoms with Gasteiger partial charge >= 0.3 is 0 Å². The number of piperidine rings is 1. The number of hydrogen-bond acceptors (Lipinski definition) is 6. The third-order valence-corrected chi connectivity index (χ3v) is 7.16. The number of aliphatic hydroxyl groups is 2. The molecular weight excluding hydrogens is 468 g/mol. The molecular formula is C27H35F2N3O4. The molecule has 2 aliphatic heterocycles. The lowest BCUT2D eigenvalue weighted by Crippen LogP contribution is -2.55. The van der Waals surface area contributed by atoms with Crippen molar-refractivity contribution in [2.24, 2.45) is 0 Å². The summed E-state index contributed by atoms with van der Waals surface area (Å²) in [5.41, 5.74) is -1.10. The fourth-order valence-electron chi connectivity index (χ4n) is 5.09. The molecule has 1 amide bonds. The SMILES string of the molecule is CC(=O)N1CCN(CC2(O)CCN(c3cccc(F)c3)CC2)C[C@@](O)(COc2ccc(F)c(C)c2)C1. The molecule has 2 aromatic carbocycles. The maximum Gasteiger partial charge on any atom is 0.219 e. The minimum atomic E-state index is -1.37. The van der Waals surface area contributed by atoms with Gasteiger partial charge in [-0.05, 0) is 61.7 Å². The van der Waals surface area contributed by atoms with Crippen molar-refractivity contribution in [1.82, 2.24) is 9.80 Å². The van der Waals surface area contributed by atoms with Gasteiger partial charge in [-0.1, -0.05) is 6.07 Å². The average Bonchev–Trinajstić information content (AvgIpc) is 2.99. The number of anilines is 1. The quantitative estimate of drug-likeness (QED) is 0.631. The summed E-state index contributed by atoms with van der Waals surface area (Å²) in [6.45, 7) is 5.80. The van der Waals surface area contributed by atoms with Gasteiger partial charge in [0, 0.05) is 51.9 Å². The molecule has 4 rings (SSSR count). The van der Waals surface area contributed by atoms with Gasteiger partial charge in [0.25, 0.3) is 0 Å². The van der Waals surface area contributed by atoms with Gasteiger partial charge < -0.3 is 24.7 Å². The third kappa shape index (κ3) is 6.52. The van der Waals surface area contributed by atoms with E-state index in [-0.39, 0.29) is 37.2 Å². The first-order valence-corrected chi connectivity index (χ1v) is 12.4. The number of ether oxygens (including phenoxy) is 1. The van der Waals surface area contributed by atoms with Gasteiger partial charge in [-0.3, -0.25) is 9.69 Å². The number of carbonyl (C=O) groups excluding carboxylic acids is 1. The highest BCUT2D eigenvalue weighted by molar-refractivity contribution is 5.73. The summed E-state index contributed by atoms with van der Waals surface area (Å²) in [5.74, 6) is -0.322. The number of carbonyl (C=O) groups is 1. The summed E-state index contributed by atoms with van der Waals surface area (Å²) >= 11 is 0. The van der Waals surface area contributed by atoms with E-state index in [0.717, 1.165) is 5.69 Å². The highest BCUT2D eigenvalue weighted by Crippen LogP contribution is 2.29. The first-order valence-electron chi connectivity index (χ1n) is 12.4. The standard InChI is InChI=1S/C27H35F2N3O4/c1-20-14-24(6-7-25(20)29)36-19-27(35)17-30(12-13-32(18-27)21(2)33)16-26(34)8-10-31(11-9-26)23-5-3-4-22(28)15-23/h3-7,14-15,34-35H,8-13,16-19H2,1-2H3/t27-/m0/s1. The van der Waals surface area contributed by atoms with Crippen LogP contribution in [0.4, 0.5) is 14.5 Å². The highest BCUT2D eigenvalue weighted by atomic mass is 19.1. The molecule has 0 unspecified atom stereocenters. The van der Waals surface area contributed by atoms with Crippen molar-refractivity contribution in [2.75, 3.05) is 57.3 Å². The van der Waals surface area contributed by atoms with E-state index in [0.29, 0.717) is 56.9 Å². The maximum absolute atomic E-state index is 13.6. The topological polar surface area (TPSA) is 76.5 Å². The molecule has 2 N–H and O–H groups in total. The van der Waals surface area contributed by atoms with Crippen LogP contribution in [0.15, 0.2) is 42.5 Å². The zero-order valence-electron chi connectivity index (χ0n) is 20.9. The Bertz CT molecular complexity index is 1080. The maximum atomic E-state index is 13.6. The second-order valence-corrected chi connectivity index (χ2v) is 10.3. The van der Waals surface area contributed by atoms with E-state index >= 15 is 0 Å². The molecule has 0 bridgehead atoms. The molecule has 0 aliphatic carbocycles. The van der Waals surface area contributed by atoms with Crippen LogP contribution in [0.25, 0.3) is 0 Å². The Balaban J connectivity index is 1.41. The minimum absolute atomic E-state index is 0.0792. The van der Waals surface area contributed by atoms with Crippen LogP contribution in [0.2, 0.25) is 0 Å². The van der Waals surface area contributed by atoms with Crippen molar-refractivity contribution in [2.45, 2.75) is 37.9 Å². The molecule has 196 valence electrons. The van der Waals surface area contributed by atoms with Gasteiger partial charge in [0.1, 0.15) is 29.6 Å². The van der Waals surface area contributed by atoms with Crippen LogP contribution in [0, 0.1) is 18.6 Å². The Morgan fingerprint density at radius 1 is 1.00 bits per heavy atom. The molecule has 1 atom stereocenters.